The number of carbonyl (C=O) groups is 1. The fraction of sp³-hybridized carbons (Fsp3) is 0.278. The first-order chi connectivity index (χ1) is 12.3. The fourth-order valence-electron chi connectivity index (χ4n) is 2.31. The van der Waals surface area contributed by atoms with Crippen LogP contribution in [0.4, 0.5) is 0 Å². The van der Waals surface area contributed by atoms with E-state index in [1.807, 2.05) is 18.2 Å². The number of benzene rings is 2. The van der Waals surface area contributed by atoms with Crippen molar-refractivity contribution in [1.29, 1.82) is 0 Å². The number of hydrogen-bond acceptors (Lipinski definition) is 4. The van der Waals surface area contributed by atoms with Gasteiger partial charge in [0.2, 0.25) is 10.0 Å². The van der Waals surface area contributed by atoms with Gasteiger partial charge in [-0.1, -0.05) is 29.8 Å². The van der Waals surface area contributed by atoms with Gasteiger partial charge in [0.1, 0.15) is 0 Å². The highest BCUT2D eigenvalue weighted by Gasteiger charge is 2.17. The molecule has 0 aliphatic carbocycles. The Morgan fingerprint density at radius 3 is 2.42 bits per heavy atom. The molecular formula is C18H21ClN2O4S. The second kappa shape index (κ2) is 9.14. The molecule has 0 saturated heterocycles. The first-order valence-corrected chi connectivity index (χ1v) is 9.79. The third-order valence-electron chi connectivity index (χ3n) is 3.72. The van der Waals surface area contributed by atoms with Crippen LogP contribution in [-0.4, -0.2) is 46.5 Å². The Kier molecular flexibility index (Phi) is 7.16. The molecule has 0 saturated carbocycles. The zero-order valence-corrected chi connectivity index (χ0v) is 16.2. The first-order valence-electron chi connectivity index (χ1n) is 7.92. The Bertz CT molecular complexity index is 854. The van der Waals surface area contributed by atoms with Crippen LogP contribution in [-0.2, 0) is 21.3 Å². The molecule has 0 atom stereocenters. The minimum atomic E-state index is -3.62. The van der Waals surface area contributed by atoms with Crippen molar-refractivity contribution >= 4 is 27.5 Å². The second-order valence-electron chi connectivity index (χ2n) is 5.67. The maximum absolute atomic E-state index is 12.5. The van der Waals surface area contributed by atoms with Crippen molar-refractivity contribution in [3.63, 3.8) is 0 Å². The van der Waals surface area contributed by atoms with Crippen LogP contribution in [0.2, 0.25) is 5.02 Å². The van der Waals surface area contributed by atoms with Gasteiger partial charge in [0.05, 0.1) is 11.5 Å². The average Bonchev–Trinajstić information content (AvgIpc) is 2.63. The Morgan fingerprint density at radius 2 is 1.81 bits per heavy atom. The number of nitrogens with zero attached hydrogens (tertiary/aromatic N) is 1. The molecule has 0 fully saturated rings. The van der Waals surface area contributed by atoms with Crippen LogP contribution in [0.25, 0.3) is 0 Å². The average molecular weight is 397 g/mol. The number of rotatable bonds is 8. The molecule has 6 nitrogen and oxygen atoms in total. The zero-order chi connectivity index (χ0) is 19.2. The van der Waals surface area contributed by atoms with Crippen LogP contribution < -0.4 is 4.72 Å². The van der Waals surface area contributed by atoms with Crippen molar-refractivity contribution in [2.75, 3.05) is 27.3 Å². The molecule has 8 heteroatoms. The molecule has 1 amide bonds. The Balaban J connectivity index is 2.07. The number of nitrogens with one attached hydrogen (secondary N) is 1. The molecule has 0 aliphatic heterocycles. The summed E-state index contributed by atoms with van der Waals surface area (Å²) in [5, 5.41) is 0.593. The molecule has 1 N–H and O–H groups in total. The van der Waals surface area contributed by atoms with Crippen LogP contribution >= 0.6 is 11.6 Å². The lowest BCUT2D eigenvalue weighted by Crippen LogP contribution is -2.28. The number of sulfonamides is 1. The Hall–Kier alpha value is -1.93. The summed E-state index contributed by atoms with van der Waals surface area (Å²) in [6.07, 6.45) is 0. The number of amides is 1. The van der Waals surface area contributed by atoms with E-state index in [2.05, 4.69) is 4.72 Å². The van der Waals surface area contributed by atoms with E-state index in [0.717, 1.165) is 5.56 Å². The van der Waals surface area contributed by atoms with Crippen LogP contribution in [0.1, 0.15) is 15.9 Å². The molecule has 26 heavy (non-hydrogen) atoms. The van der Waals surface area contributed by atoms with Gasteiger partial charge in [-0.05, 0) is 35.9 Å². The van der Waals surface area contributed by atoms with E-state index in [9.17, 15) is 13.2 Å². The summed E-state index contributed by atoms with van der Waals surface area (Å²) in [6.45, 7) is 0.819. The van der Waals surface area contributed by atoms with Gasteiger partial charge >= 0.3 is 0 Å². The molecule has 2 aromatic carbocycles. The lowest BCUT2D eigenvalue weighted by atomic mass is 10.1. The van der Waals surface area contributed by atoms with Crippen LogP contribution in [0.15, 0.2) is 53.4 Å². The highest BCUT2D eigenvalue weighted by atomic mass is 35.5. The highest BCUT2D eigenvalue weighted by molar-refractivity contribution is 7.89. The Morgan fingerprint density at radius 1 is 1.15 bits per heavy atom. The van der Waals surface area contributed by atoms with Gasteiger partial charge in [0.25, 0.3) is 5.91 Å². The monoisotopic (exact) mass is 396 g/mol. The molecule has 2 rings (SSSR count). The number of halogens is 1. The smallest absolute Gasteiger partial charge is 0.253 e. The normalized spacial score (nSPS) is 11.3. The van der Waals surface area contributed by atoms with Crippen molar-refractivity contribution < 1.29 is 17.9 Å². The van der Waals surface area contributed by atoms with Gasteiger partial charge in [-0.15, -0.1) is 0 Å². The van der Waals surface area contributed by atoms with Gasteiger partial charge < -0.3 is 9.64 Å². The lowest BCUT2D eigenvalue weighted by Gasteiger charge is -2.18. The summed E-state index contributed by atoms with van der Waals surface area (Å²) in [7, 11) is -0.459. The summed E-state index contributed by atoms with van der Waals surface area (Å²) in [6, 6.07) is 13.1. The molecule has 2 aromatic rings. The first kappa shape index (κ1) is 20.4. The highest BCUT2D eigenvalue weighted by Crippen LogP contribution is 2.18. The van der Waals surface area contributed by atoms with Crippen molar-refractivity contribution in [3.05, 3.63) is 64.7 Å². The predicted octanol–water partition coefficient (Wildman–Crippen LogP) is 2.54. The van der Waals surface area contributed by atoms with Gasteiger partial charge in [0.15, 0.2) is 0 Å². The van der Waals surface area contributed by atoms with Crippen molar-refractivity contribution in [3.8, 4) is 0 Å². The van der Waals surface area contributed by atoms with E-state index in [1.165, 1.54) is 36.3 Å². The van der Waals surface area contributed by atoms with E-state index in [-0.39, 0.29) is 24.0 Å². The fourth-order valence-corrected chi connectivity index (χ4v) is 3.52. The summed E-state index contributed by atoms with van der Waals surface area (Å²) in [5.74, 6) is -0.221. The molecule has 0 heterocycles. The van der Waals surface area contributed by atoms with Gasteiger partial charge in [-0.25, -0.2) is 13.1 Å². The van der Waals surface area contributed by atoms with Crippen molar-refractivity contribution in [2.24, 2.45) is 0 Å². The molecule has 0 radical (unpaired) electrons. The molecular weight excluding hydrogens is 376 g/mol. The van der Waals surface area contributed by atoms with E-state index in [0.29, 0.717) is 17.1 Å². The maximum atomic E-state index is 12.5. The zero-order valence-electron chi connectivity index (χ0n) is 14.6. The summed E-state index contributed by atoms with van der Waals surface area (Å²) in [5.41, 5.74) is 1.24. The third-order valence-corrected chi connectivity index (χ3v) is 5.57. The molecule has 0 aromatic heterocycles. The van der Waals surface area contributed by atoms with Gasteiger partial charge in [0, 0.05) is 37.8 Å². The quantitative estimate of drug-likeness (QED) is 0.696. The van der Waals surface area contributed by atoms with Crippen LogP contribution in [0, 0.1) is 0 Å². The number of ether oxygens (including phenoxy) is 1. The van der Waals surface area contributed by atoms with E-state index in [1.54, 1.807) is 13.1 Å². The van der Waals surface area contributed by atoms with Crippen molar-refractivity contribution in [2.45, 2.75) is 11.4 Å². The maximum Gasteiger partial charge on any atom is 0.253 e. The molecule has 0 unspecified atom stereocenters. The number of carbonyl (C=O) groups excluding carboxylic acids is 1. The molecule has 0 spiro atoms. The molecule has 0 bridgehead atoms. The van der Waals surface area contributed by atoms with Gasteiger partial charge in [-0.2, -0.15) is 0 Å². The number of methoxy groups -OCH3 is 1. The molecule has 140 valence electrons. The van der Waals surface area contributed by atoms with E-state index in [4.69, 9.17) is 16.3 Å². The summed E-state index contributed by atoms with van der Waals surface area (Å²) < 4.78 is 31.5. The van der Waals surface area contributed by atoms with Crippen molar-refractivity contribution in [1.82, 2.24) is 9.62 Å². The van der Waals surface area contributed by atoms with Crippen LogP contribution in [0.3, 0.4) is 0 Å². The minimum absolute atomic E-state index is 0.0962. The van der Waals surface area contributed by atoms with E-state index >= 15 is 0 Å². The SMILES string of the molecule is COCCNS(=O)(=O)c1ccc(C(=O)N(C)Cc2ccccc2Cl)cc1. The minimum Gasteiger partial charge on any atom is -0.383 e. The van der Waals surface area contributed by atoms with E-state index < -0.39 is 10.0 Å². The summed E-state index contributed by atoms with van der Waals surface area (Å²) in [4.78, 5) is 14.2. The third kappa shape index (κ3) is 5.28. The predicted molar refractivity (Wildman–Crippen MR) is 101 cm³/mol. The topological polar surface area (TPSA) is 75.7 Å². The lowest BCUT2D eigenvalue weighted by molar-refractivity contribution is 0.0785. The molecule has 0 aliphatic rings. The Labute approximate surface area is 158 Å². The number of hydrogen-bond donors (Lipinski definition) is 1. The van der Waals surface area contributed by atoms with Gasteiger partial charge in [-0.3, -0.25) is 4.79 Å². The second-order valence-corrected chi connectivity index (χ2v) is 7.84. The van der Waals surface area contributed by atoms with Crippen LogP contribution in [0.5, 0.6) is 0 Å². The largest absolute Gasteiger partial charge is 0.383 e. The standard InChI is InChI=1S/C18H21ClN2O4S/c1-21(13-15-5-3-4-6-17(15)19)18(22)14-7-9-16(10-8-14)26(23,24)20-11-12-25-2/h3-10,20H,11-13H2,1-2H3. The summed E-state index contributed by atoms with van der Waals surface area (Å²) >= 11 is 6.12.